The van der Waals surface area contributed by atoms with Gasteiger partial charge >= 0.3 is 12.1 Å². The molecule has 0 radical (unpaired) electrons. The predicted octanol–water partition coefficient (Wildman–Crippen LogP) is 5.85. The van der Waals surface area contributed by atoms with Crippen LogP contribution < -0.4 is 0 Å². The summed E-state index contributed by atoms with van der Waals surface area (Å²) in [7, 11) is 1.40. The van der Waals surface area contributed by atoms with Crippen molar-refractivity contribution in [3.8, 4) is 0 Å². The van der Waals surface area contributed by atoms with Gasteiger partial charge in [0.2, 0.25) is 5.91 Å². The molecule has 0 spiro atoms. The van der Waals surface area contributed by atoms with Crippen molar-refractivity contribution in [2.24, 2.45) is 17.3 Å². The Hall–Kier alpha value is -2.94. The summed E-state index contributed by atoms with van der Waals surface area (Å²) in [6.45, 7) is 4.88. The molecule has 1 saturated heterocycles. The van der Waals surface area contributed by atoms with Crippen molar-refractivity contribution < 1.29 is 27.5 Å². The van der Waals surface area contributed by atoms with Crippen LogP contribution in [0.25, 0.3) is 0 Å². The number of hydrogen-bond donors (Lipinski definition) is 0. The zero-order valence-electron chi connectivity index (χ0n) is 23.8. The third kappa shape index (κ3) is 5.15. The molecule has 1 aromatic carbocycles. The SMILES string of the molecule is COC(=O)c1cccc([C@@H]2CCN([C@H]3C[C@H]4CCC[C@@]4(C(=O)N4CCc5ncc(C(F)(F)F)cc5C4)C3)C[C@H]2C)c1. The molecule has 2 aromatic rings. The molecular weight excluding hydrogens is 531 g/mol. The molecule has 2 aliphatic carbocycles. The molecule has 3 fully saturated rings. The highest BCUT2D eigenvalue weighted by molar-refractivity contribution is 5.89. The van der Waals surface area contributed by atoms with Crippen LogP contribution >= 0.6 is 0 Å². The Labute approximate surface area is 239 Å². The van der Waals surface area contributed by atoms with E-state index in [1.807, 2.05) is 17.0 Å². The third-order valence-corrected chi connectivity index (χ3v) is 10.4. The van der Waals surface area contributed by atoms with E-state index in [-0.39, 0.29) is 18.4 Å². The number of methoxy groups -OCH3 is 1. The van der Waals surface area contributed by atoms with Crippen molar-refractivity contribution in [3.05, 3.63) is 64.5 Å². The van der Waals surface area contributed by atoms with Gasteiger partial charge in [0.05, 0.1) is 23.7 Å². The number of benzene rings is 1. The van der Waals surface area contributed by atoms with Gasteiger partial charge in [0.25, 0.3) is 0 Å². The average molecular weight is 570 g/mol. The minimum atomic E-state index is -4.45. The van der Waals surface area contributed by atoms with Gasteiger partial charge in [0.1, 0.15) is 0 Å². The van der Waals surface area contributed by atoms with Gasteiger partial charge in [-0.15, -0.1) is 0 Å². The summed E-state index contributed by atoms with van der Waals surface area (Å²) in [5, 5.41) is 0. The van der Waals surface area contributed by atoms with Gasteiger partial charge in [0, 0.05) is 44.0 Å². The van der Waals surface area contributed by atoms with E-state index in [1.165, 1.54) is 18.7 Å². The quantitative estimate of drug-likeness (QED) is 0.433. The first-order valence-corrected chi connectivity index (χ1v) is 14.9. The molecule has 6 rings (SSSR count). The minimum Gasteiger partial charge on any atom is -0.465 e. The summed E-state index contributed by atoms with van der Waals surface area (Å²) in [5.41, 5.74) is 1.77. The van der Waals surface area contributed by atoms with E-state index >= 15 is 0 Å². The highest BCUT2D eigenvalue weighted by atomic mass is 19.4. The standard InChI is InChI=1S/C32H38F3N3O3/c1-20-18-37(11-8-27(20)21-5-3-6-22(13-21)29(39)41-2)26-15-24-7-4-10-31(24,16-26)30(40)38-12-9-28-23(19-38)14-25(17-36-28)32(33,34)35/h3,5-6,13-14,17,20,24,26-27H,4,7-12,15-16,18-19H2,1-2H3/t20-,24-,26+,27-,31-/m1/s1. The molecule has 1 amide bonds. The van der Waals surface area contributed by atoms with Crippen LogP contribution in [-0.4, -0.2) is 59.4 Å². The number of esters is 1. The van der Waals surface area contributed by atoms with Crippen LogP contribution in [0.4, 0.5) is 13.2 Å². The lowest BCUT2D eigenvalue weighted by Crippen LogP contribution is -2.48. The number of rotatable bonds is 4. The van der Waals surface area contributed by atoms with E-state index < -0.39 is 17.2 Å². The van der Waals surface area contributed by atoms with E-state index in [0.717, 1.165) is 57.8 Å². The van der Waals surface area contributed by atoms with Crippen molar-refractivity contribution in [2.45, 2.75) is 76.6 Å². The Morgan fingerprint density at radius 3 is 2.73 bits per heavy atom. The van der Waals surface area contributed by atoms with Crippen LogP contribution in [0.3, 0.4) is 0 Å². The first-order chi connectivity index (χ1) is 19.6. The number of pyridine rings is 1. The van der Waals surface area contributed by atoms with Crippen molar-refractivity contribution in [1.82, 2.24) is 14.8 Å². The third-order valence-electron chi connectivity index (χ3n) is 10.4. The number of fused-ring (bicyclic) bond motifs is 2. The van der Waals surface area contributed by atoms with E-state index in [0.29, 0.717) is 53.6 Å². The summed E-state index contributed by atoms with van der Waals surface area (Å²) in [5.74, 6) is 0.895. The molecule has 0 unspecified atom stereocenters. The molecule has 9 heteroatoms. The van der Waals surface area contributed by atoms with E-state index in [4.69, 9.17) is 4.74 Å². The Morgan fingerprint density at radius 1 is 1.15 bits per heavy atom. The molecule has 6 nitrogen and oxygen atoms in total. The Kier molecular flexibility index (Phi) is 7.37. The second-order valence-electron chi connectivity index (χ2n) is 12.6. The van der Waals surface area contributed by atoms with Gasteiger partial charge in [-0.2, -0.15) is 13.2 Å². The predicted molar refractivity (Wildman–Crippen MR) is 147 cm³/mol. The van der Waals surface area contributed by atoms with Crippen LogP contribution in [0.15, 0.2) is 36.5 Å². The topological polar surface area (TPSA) is 62.7 Å². The fourth-order valence-corrected chi connectivity index (χ4v) is 8.32. The first-order valence-electron chi connectivity index (χ1n) is 14.9. The molecule has 1 aromatic heterocycles. The van der Waals surface area contributed by atoms with Gasteiger partial charge < -0.3 is 14.5 Å². The van der Waals surface area contributed by atoms with Gasteiger partial charge in [-0.3, -0.25) is 9.78 Å². The molecule has 41 heavy (non-hydrogen) atoms. The summed E-state index contributed by atoms with van der Waals surface area (Å²) >= 11 is 0. The summed E-state index contributed by atoms with van der Waals surface area (Å²) < 4.78 is 44.9. The monoisotopic (exact) mass is 569 g/mol. The molecule has 220 valence electrons. The molecule has 0 N–H and O–H groups in total. The normalized spacial score (nSPS) is 30.1. The maximum atomic E-state index is 14.2. The fourth-order valence-electron chi connectivity index (χ4n) is 8.32. The second-order valence-corrected chi connectivity index (χ2v) is 12.6. The number of alkyl halides is 3. The van der Waals surface area contributed by atoms with Gasteiger partial charge in [-0.25, -0.2) is 4.79 Å². The number of carbonyl (C=O) groups is 2. The van der Waals surface area contributed by atoms with Crippen LogP contribution in [0, 0.1) is 17.3 Å². The lowest BCUT2D eigenvalue weighted by Gasteiger charge is -2.41. The second kappa shape index (κ2) is 10.7. The zero-order valence-corrected chi connectivity index (χ0v) is 23.8. The molecule has 2 saturated carbocycles. The first kappa shape index (κ1) is 28.2. The molecular formula is C32H38F3N3O3. The number of piperidine rings is 1. The van der Waals surface area contributed by atoms with Crippen molar-refractivity contribution in [1.29, 1.82) is 0 Å². The smallest absolute Gasteiger partial charge is 0.417 e. The number of amides is 1. The largest absolute Gasteiger partial charge is 0.465 e. The van der Waals surface area contributed by atoms with Crippen LogP contribution in [-0.2, 0) is 28.7 Å². The highest BCUT2D eigenvalue weighted by Crippen LogP contribution is 2.57. The number of aromatic nitrogens is 1. The Morgan fingerprint density at radius 2 is 1.98 bits per heavy atom. The Balaban J connectivity index is 1.14. The maximum absolute atomic E-state index is 14.2. The highest BCUT2D eigenvalue weighted by Gasteiger charge is 2.57. The number of carbonyl (C=O) groups excluding carboxylic acids is 2. The number of hydrogen-bond acceptors (Lipinski definition) is 5. The van der Waals surface area contributed by atoms with E-state index in [9.17, 15) is 22.8 Å². The van der Waals surface area contributed by atoms with Crippen LogP contribution in [0.2, 0.25) is 0 Å². The molecule has 5 atom stereocenters. The van der Waals surface area contributed by atoms with E-state index in [2.05, 4.69) is 22.9 Å². The number of ether oxygens (including phenoxy) is 1. The molecule has 4 aliphatic rings. The van der Waals surface area contributed by atoms with Gasteiger partial charge in [-0.05, 0) is 85.7 Å². The van der Waals surface area contributed by atoms with Crippen molar-refractivity contribution >= 4 is 11.9 Å². The van der Waals surface area contributed by atoms with Crippen LogP contribution in [0.5, 0.6) is 0 Å². The summed E-state index contributed by atoms with van der Waals surface area (Å²) in [4.78, 5) is 34.7. The molecule has 2 aliphatic heterocycles. The van der Waals surface area contributed by atoms with Crippen molar-refractivity contribution in [3.63, 3.8) is 0 Å². The lowest BCUT2D eigenvalue weighted by atomic mass is 9.78. The van der Waals surface area contributed by atoms with Gasteiger partial charge in [-0.1, -0.05) is 25.5 Å². The van der Waals surface area contributed by atoms with E-state index in [1.54, 1.807) is 6.07 Å². The Bertz CT molecular complexity index is 1330. The zero-order chi connectivity index (χ0) is 28.9. The van der Waals surface area contributed by atoms with Gasteiger partial charge in [0.15, 0.2) is 0 Å². The number of nitrogens with zero attached hydrogens (tertiary/aromatic N) is 3. The fraction of sp³-hybridized carbons (Fsp3) is 0.594. The molecule has 3 heterocycles. The number of likely N-dealkylation sites (tertiary alicyclic amines) is 1. The molecule has 0 bridgehead atoms. The average Bonchev–Trinajstić information content (AvgIpc) is 3.54. The number of halogens is 3. The van der Waals surface area contributed by atoms with Crippen LogP contribution in [0.1, 0.15) is 84.1 Å². The van der Waals surface area contributed by atoms with Crippen molar-refractivity contribution in [2.75, 3.05) is 26.7 Å². The summed E-state index contributed by atoms with van der Waals surface area (Å²) in [6.07, 6.45) is 2.71. The maximum Gasteiger partial charge on any atom is 0.417 e. The minimum absolute atomic E-state index is 0.133. The lowest BCUT2D eigenvalue weighted by molar-refractivity contribution is -0.144. The summed E-state index contributed by atoms with van der Waals surface area (Å²) in [6, 6.07) is 9.28.